The third-order valence-corrected chi connectivity index (χ3v) is 3.54. The fourth-order valence-corrected chi connectivity index (χ4v) is 2.78. The Morgan fingerprint density at radius 2 is 2.13 bits per heavy atom. The number of hydrogen-bond donors (Lipinski definition) is 1. The minimum Gasteiger partial charge on any atom is -0.325 e. The zero-order valence-electron chi connectivity index (χ0n) is 8.04. The zero-order chi connectivity index (χ0) is 10.7. The smallest absolute Gasteiger partial charge is 0.180 e. The minimum absolute atomic E-state index is 0.383. The van der Waals surface area contributed by atoms with Crippen molar-refractivity contribution in [2.75, 3.05) is 0 Å². The highest BCUT2D eigenvalue weighted by Gasteiger charge is 2.08. The van der Waals surface area contributed by atoms with Gasteiger partial charge in [-0.3, -0.25) is 4.98 Å². The van der Waals surface area contributed by atoms with Gasteiger partial charge in [-0.25, -0.2) is 4.98 Å². The van der Waals surface area contributed by atoms with E-state index in [2.05, 4.69) is 20.2 Å². The lowest BCUT2D eigenvalue weighted by Gasteiger charge is -2.01. The number of rotatable bonds is 3. The van der Waals surface area contributed by atoms with E-state index in [1.165, 1.54) is 23.1 Å². The maximum Gasteiger partial charge on any atom is 0.180 e. The number of nitrogens with zero attached hydrogens (tertiary/aromatic N) is 4. The van der Waals surface area contributed by atoms with Gasteiger partial charge >= 0.3 is 0 Å². The van der Waals surface area contributed by atoms with Crippen LogP contribution in [0.4, 0.5) is 0 Å². The Labute approximate surface area is 95.2 Å². The van der Waals surface area contributed by atoms with Crippen molar-refractivity contribution >= 4 is 23.1 Å². The van der Waals surface area contributed by atoms with Gasteiger partial charge in [-0.05, 0) is 18.7 Å². The molecule has 2 rings (SSSR count). The van der Waals surface area contributed by atoms with Gasteiger partial charge < -0.3 is 5.73 Å². The third kappa shape index (κ3) is 2.49. The van der Waals surface area contributed by atoms with Crippen LogP contribution in [0.15, 0.2) is 21.8 Å². The molecule has 78 valence electrons. The molecule has 0 spiro atoms. The standard InChI is InChI=1S/C8H9N5S2/c1-5-12-13-8(14-5)15-7-6(4-9)10-2-3-11-7/h2-3H,4,9H2,1H3. The molecule has 0 aliphatic heterocycles. The Hall–Kier alpha value is -1.05. The summed E-state index contributed by atoms with van der Waals surface area (Å²) in [6.07, 6.45) is 3.28. The highest BCUT2D eigenvalue weighted by molar-refractivity contribution is 8.01. The first-order valence-corrected chi connectivity index (χ1v) is 5.91. The van der Waals surface area contributed by atoms with Crippen molar-refractivity contribution in [2.24, 2.45) is 5.73 Å². The zero-order valence-corrected chi connectivity index (χ0v) is 9.68. The molecule has 15 heavy (non-hydrogen) atoms. The number of hydrogen-bond acceptors (Lipinski definition) is 7. The molecule has 0 saturated carbocycles. The van der Waals surface area contributed by atoms with E-state index in [0.29, 0.717) is 6.54 Å². The Kier molecular flexibility index (Phi) is 3.24. The first-order valence-electron chi connectivity index (χ1n) is 4.27. The van der Waals surface area contributed by atoms with Gasteiger partial charge in [0.2, 0.25) is 0 Å². The summed E-state index contributed by atoms with van der Waals surface area (Å²) in [6.45, 7) is 2.30. The summed E-state index contributed by atoms with van der Waals surface area (Å²) >= 11 is 2.98. The lowest BCUT2D eigenvalue weighted by atomic mass is 10.5. The third-order valence-electron chi connectivity index (χ3n) is 1.62. The normalized spacial score (nSPS) is 10.5. The molecule has 2 aromatic rings. The summed E-state index contributed by atoms with van der Waals surface area (Å²) < 4.78 is 0.864. The quantitative estimate of drug-likeness (QED) is 0.868. The molecule has 0 radical (unpaired) electrons. The van der Waals surface area contributed by atoms with Gasteiger partial charge in [0.05, 0.1) is 5.69 Å². The molecule has 0 saturated heterocycles. The maximum atomic E-state index is 5.56. The largest absolute Gasteiger partial charge is 0.325 e. The Bertz CT molecular complexity index is 456. The molecule has 0 aromatic carbocycles. The van der Waals surface area contributed by atoms with E-state index in [4.69, 9.17) is 5.73 Å². The molecule has 2 aromatic heterocycles. The van der Waals surface area contributed by atoms with Crippen LogP contribution in [0.1, 0.15) is 10.7 Å². The predicted molar refractivity (Wildman–Crippen MR) is 58.7 cm³/mol. The van der Waals surface area contributed by atoms with Crippen LogP contribution in [0.2, 0.25) is 0 Å². The van der Waals surface area contributed by atoms with Gasteiger partial charge in [-0.2, -0.15) is 0 Å². The van der Waals surface area contributed by atoms with Crippen molar-refractivity contribution in [1.29, 1.82) is 0 Å². The van der Waals surface area contributed by atoms with Gasteiger partial charge in [0.15, 0.2) is 4.34 Å². The van der Waals surface area contributed by atoms with Crippen molar-refractivity contribution in [3.05, 3.63) is 23.1 Å². The average Bonchev–Trinajstić information content (AvgIpc) is 2.65. The van der Waals surface area contributed by atoms with Crippen LogP contribution in [0.3, 0.4) is 0 Å². The van der Waals surface area contributed by atoms with Crippen molar-refractivity contribution in [1.82, 2.24) is 20.2 Å². The molecular formula is C8H9N5S2. The molecule has 0 aliphatic rings. The van der Waals surface area contributed by atoms with Gasteiger partial charge in [-0.15, -0.1) is 10.2 Å². The second-order valence-electron chi connectivity index (χ2n) is 2.70. The molecule has 5 nitrogen and oxygen atoms in total. The Morgan fingerprint density at radius 3 is 2.80 bits per heavy atom. The molecule has 7 heteroatoms. The second-order valence-corrected chi connectivity index (χ2v) is 5.12. The summed E-state index contributed by atoms with van der Waals surface area (Å²) in [7, 11) is 0. The molecular weight excluding hydrogens is 230 g/mol. The molecule has 0 bridgehead atoms. The van der Waals surface area contributed by atoms with E-state index in [1.54, 1.807) is 12.4 Å². The van der Waals surface area contributed by atoms with Crippen LogP contribution in [0.5, 0.6) is 0 Å². The fraction of sp³-hybridized carbons (Fsp3) is 0.250. The van der Waals surface area contributed by atoms with Crippen LogP contribution in [0.25, 0.3) is 0 Å². The molecule has 0 atom stereocenters. The lowest BCUT2D eigenvalue weighted by Crippen LogP contribution is -2.02. The van der Waals surface area contributed by atoms with E-state index in [9.17, 15) is 0 Å². The molecule has 0 aliphatic carbocycles. The molecule has 2 N–H and O–H groups in total. The van der Waals surface area contributed by atoms with Gasteiger partial charge in [-0.1, -0.05) is 11.3 Å². The number of aromatic nitrogens is 4. The molecule has 0 amide bonds. The van der Waals surface area contributed by atoms with Gasteiger partial charge in [0.1, 0.15) is 10.0 Å². The molecule has 0 fully saturated rings. The number of aryl methyl sites for hydroxylation is 1. The Morgan fingerprint density at radius 1 is 1.33 bits per heavy atom. The summed E-state index contributed by atoms with van der Waals surface area (Å²) in [4.78, 5) is 8.36. The van der Waals surface area contributed by atoms with Crippen molar-refractivity contribution in [3.8, 4) is 0 Å². The SMILES string of the molecule is Cc1nnc(Sc2nccnc2CN)s1. The summed E-state index contributed by atoms with van der Waals surface area (Å²) in [5.74, 6) is 0. The van der Waals surface area contributed by atoms with Crippen molar-refractivity contribution < 1.29 is 0 Å². The van der Waals surface area contributed by atoms with Crippen LogP contribution >= 0.6 is 23.1 Å². The van der Waals surface area contributed by atoms with Gasteiger partial charge in [0.25, 0.3) is 0 Å². The van der Waals surface area contributed by atoms with Crippen LogP contribution in [0, 0.1) is 6.92 Å². The van der Waals surface area contributed by atoms with Crippen LogP contribution in [-0.4, -0.2) is 20.2 Å². The summed E-state index contributed by atoms with van der Waals surface area (Å²) in [5.41, 5.74) is 6.35. The van der Waals surface area contributed by atoms with E-state index in [1.807, 2.05) is 6.92 Å². The Balaban J connectivity index is 2.23. The highest BCUT2D eigenvalue weighted by Crippen LogP contribution is 2.29. The first kappa shape index (κ1) is 10.5. The van der Waals surface area contributed by atoms with Crippen LogP contribution in [-0.2, 0) is 6.54 Å². The van der Waals surface area contributed by atoms with Crippen molar-refractivity contribution in [2.45, 2.75) is 22.8 Å². The van der Waals surface area contributed by atoms with E-state index < -0.39 is 0 Å². The fourth-order valence-electron chi connectivity index (χ4n) is 0.982. The maximum absolute atomic E-state index is 5.56. The minimum atomic E-state index is 0.383. The average molecular weight is 239 g/mol. The van der Waals surface area contributed by atoms with E-state index >= 15 is 0 Å². The lowest BCUT2D eigenvalue weighted by molar-refractivity contribution is 0.884. The summed E-state index contributed by atoms with van der Waals surface area (Å²) in [6, 6.07) is 0. The van der Waals surface area contributed by atoms with Crippen LogP contribution < -0.4 is 5.73 Å². The second kappa shape index (κ2) is 4.65. The van der Waals surface area contributed by atoms with E-state index in [-0.39, 0.29) is 0 Å². The summed E-state index contributed by atoms with van der Waals surface area (Å²) in [5, 5.41) is 9.69. The molecule has 2 heterocycles. The number of nitrogens with two attached hydrogens (primary N) is 1. The monoisotopic (exact) mass is 239 g/mol. The predicted octanol–water partition coefficient (Wildman–Crippen LogP) is 1.25. The first-order chi connectivity index (χ1) is 7.29. The molecule has 0 unspecified atom stereocenters. The topological polar surface area (TPSA) is 77.6 Å². The highest BCUT2D eigenvalue weighted by atomic mass is 32.2. The van der Waals surface area contributed by atoms with E-state index in [0.717, 1.165) is 20.1 Å². The van der Waals surface area contributed by atoms with Crippen molar-refractivity contribution in [3.63, 3.8) is 0 Å². The van der Waals surface area contributed by atoms with Gasteiger partial charge in [0, 0.05) is 18.9 Å².